The van der Waals surface area contributed by atoms with Gasteiger partial charge in [0.25, 0.3) is 0 Å². The highest BCUT2D eigenvalue weighted by atomic mass is 79.9. The number of hydrogen-bond acceptors (Lipinski definition) is 1. The Morgan fingerprint density at radius 3 is 1.29 bits per heavy atom. The summed E-state index contributed by atoms with van der Waals surface area (Å²) >= 11 is 9.40. The third kappa shape index (κ3) is 1.50. The first-order chi connectivity index (χ1) is 10.3. The third-order valence-corrected chi connectivity index (χ3v) is 7.33. The lowest BCUT2D eigenvalue weighted by atomic mass is 9.62. The molecule has 0 saturated heterocycles. The van der Waals surface area contributed by atoms with Crippen LogP contribution in [0.25, 0.3) is 0 Å². The van der Waals surface area contributed by atoms with E-state index in [-0.39, 0.29) is 0 Å². The smallest absolute Gasteiger partial charge is 0.0755 e. The van der Waals surface area contributed by atoms with Crippen molar-refractivity contribution in [2.45, 2.75) is 11.8 Å². The zero-order chi connectivity index (χ0) is 14.1. The molecule has 3 heteroatoms. The summed E-state index contributed by atoms with van der Waals surface area (Å²) in [7, 11) is 0. The first-order valence-corrected chi connectivity index (χ1v) is 9.33. The summed E-state index contributed by atoms with van der Waals surface area (Å²) in [6.07, 6.45) is 0. The molecule has 0 saturated carbocycles. The molecule has 0 N–H and O–H groups in total. The molecule has 21 heavy (non-hydrogen) atoms. The van der Waals surface area contributed by atoms with Gasteiger partial charge in [0.05, 0.1) is 7.57 Å². The standard InChI is InChI=1S/C18H10Br2S/c19-17-15-13-9-5-1-2-6-10(9)14(16(15)18(20)21-17)12-8-4-3-7-11(12)13/h1-8,13-14H. The van der Waals surface area contributed by atoms with Crippen LogP contribution in [-0.4, -0.2) is 0 Å². The fourth-order valence-corrected chi connectivity index (χ4v) is 7.31. The van der Waals surface area contributed by atoms with E-state index in [4.69, 9.17) is 0 Å². The van der Waals surface area contributed by atoms with Crippen LogP contribution in [0, 0.1) is 0 Å². The zero-order valence-corrected chi connectivity index (χ0v) is 14.9. The molecule has 1 aromatic heterocycles. The lowest BCUT2D eigenvalue weighted by Gasteiger charge is -2.41. The number of rotatable bonds is 0. The summed E-state index contributed by atoms with van der Waals surface area (Å²) in [5, 5.41) is 0. The largest absolute Gasteiger partial charge is 0.121 e. The van der Waals surface area contributed by atoms with Crippen LogP contribution in [0.3, 0.4) is 0 Å². The van der Waals surface area contributed by atoms with Crippen LogP contribution in [0.1, 0.15) is 45.2 Å². The maximum atomic E-state index is 3.80. The second-order valence-electron chi connectivity index (χ2n) is 5.60. The Bertz CT molecular complexity index is 776. The van der Waals surface area contributed by atoms with Crippen LogP contribution in [-0.2, 0) is 0 Å². The van der Waals surface area contributed by atoms with Crippen LogP contribution in [0.2, 0.25) is 0 Å². The number of halogens is 2. The second-order valence-corrected chi connectivity index (χ2v) is 9.26. The predicted octanol–water partition coefficient (Wildman–Crippen LogP) is 6.26. The van der Waals surface area contributed by atoms with Crippen molar-refractivity contribution in [1.82, 2.24) is 0 Å². The molecule has 3 aromatic rings. The molecule has 0 radical (unpaired) electrons. The maximum absolute atomic E-state index is 3.80. The van der Waals surface area contributed by atoms with Crippen molar-refractivity contribution in [1.29, 1.82) is 0 Å². The van der Waals surface area contributed by atoms with Gasteiger partial charge in [0, 0.05) is 11.8 Å². The summed E-state index contributed by atoms with van der Waals surface area (Å²) < 4.78 is 2.53. The summed E-state index contributed by atoms with van der Waals surface area (Å²) in [6, 6.07) is 17.8. The van der Waals surface area contributed by atoms with E-state index in [0.29, 0.717) is 11.8 Å². The monoisotopic (exact) mass is 416 g/mol. The van der Waals surface area contributed by atoms with Gasteiger partial charge >= 0.3 is 0 Å². The minimum absolute atomic E-state index is 0.370. The Labute approximate surface area is 144 Å². The SMILES string of the molecule is Brc1sc(Br)c2c1C1c3ccccc3C2c2ccccc21. The van der Waals surface area contributed by atoms with E-state index >= 15 is 0 Å². The predicted molar refractivity (Wildman–Crippen MR) is 94.5 cm³/mol. The quantitative estimate of drug-likeness (QED) is 0.279. The third-order valence-electron chi connectivity index (χ3n) is 4.71. The number of thiophene rings is 1. The highest BCUT2D eigenvalue weighted by Gasteiger charge is 2.44. The van der Waals surface area contributed by atoms with E-state index in [9.17, 15) is 0 Å². The van der Waals surface area contributed by atoms with Gasteiger partial charge in [-0.25, -0.2) is 0 Å². The van der Waals surface area contributed by atoms with Gasteiger partial charge in [-0.15, -0.1) is 11.3 Å². The van der Waals surface area contributed by atoms with Crippen molar-refractivity contribution in [3.8, 4) is 0 Å². The van der Waals surface area contributed by atoms with Crippen LogP contribution in [0.15, 0.2) is 56.1 Å². The van der Waals surface area contributed by atoms with E-state index < -0.39 is 0 Å². The minimum atomic E-state index is 0.370. The topological polar surface area (TPSA) is 0 Å². The van der Waals surface area contributed by atoms with Gasteiger partial charge in [-0.05, 0) is 65.2 Å². The Morgan fingerprint density at radius 1 is 0.619 bits per heavy atom. The molecular weight excluding hydrogens is 408 g/mol. The Hall–Kier alpha value is -0.900. The summed E-state index contributed by atoms with van der Waals surface area (Å²) in [5.41, 5.74) is 8.82. The van der Waals surface area contributed by atoms with Gasteiger partial charge in [0.1, 0.15) is 0 Å². The fraction of sp³-hybridized carbons (Fsp3) is 0.111. The lowest BCUT2D eigenvalue weighted by Crippen LogP contribution is -2.26. The molecule has 6 rings (SSSR count). The number of hydrogen-bond donors (Lipinski definition) is 0. The number of benzene rings is 2. The lowest BCUT2D eigenvalue weighted by molar-refractivity contribution is 0.756. The maximum Gasteiger partial charge on any atom is 0.0755 e. The van der Waals surface area contributed by atoms with Gasteiger partial charge in [-0.3, -0.25) is 0 Å². The molecule has 2 aromatic carbocycles. The second kappa shape index (κ2) is 4.31. The van der Waals surface area contributed by atoms with E-state index in [2.05, 4.69) is 80.4 Å². The molecule has 0 fully saturated rings. The first kappa shape index (κ1) is 12.6. The molecule has 1 heterocycles. The summed E-state index contributed by atoms with van der Waals surface area (Å²) in [6.45, 7) is 0. The van der Waals surface area contributed by atoms with E-state index in [0.717, 1.165) is 0 Å². The molecule has 3 aliphatic carbocycles. The minimum Gasteiger partial charge on any atom is -0.121 e. The molecule has 3 aliphatic rings. The normalized spacial score (nSPS) is 20.9. The van der Waals surface area contributed by atoms with Crippen molar-refractivity contribution >= 4 is 43.2 Å². The van der Waals surface area contributed by atoms with Gasteiger partial charge in [-0.1, -0.05) is 48.5 Å². The molecule has 0 nitrogen and oxygen atoms in total. The van der Waals surface area contributed by atoms with Gasteiger partial charge in [-0.2, -0.15) is 0 Å². The molecule has 102 valence electrons. The van der Waals surface area contributed by atoms with Crippen molar-refractivity contribution in [2.24, 2.45) is 0 Å². The Balaban J connectivity index is 1.95. The summed E-state index contributed by atoms with van der Waals surface area (Å²) in [4.78, 5) is 0. The van der Waals surface area contributed by atoms with Gasteiger partial charge in [0.2, 0.25) is 0 Å². The molecule has 0 unspecified atom stereocenters. The van der Waals surface area contributed by atoms with E-state index in [1.54, 1.807) is 0 Å². The van der Waals surface area contributed by atoms with Crippen molar-refractivity contribution < 1.29 is 0 Å². The van der Waals surface area contributed by atoms with E-state index in [1.807, 2.05) is 11.3 Å². The van der Waals surface area contributed by atoms with Crippen LogP contribution in [0.5, 0.6) is 0 Å². The highest BCUT2D eigenvalue weighted by Crippen LogP contribution is 2.60. The molecular formula is C18H10Br2S. The fourth-order valence-electron chi connectivity index (χ4n) is 3.97. The first-order valence-electron chi connectivity index (χ1n) is 6.92. The Morgan fingerprint density at radius 2 is 0.952 bits per heavy atom. The van der Waals surface area contributed by atoms with Crippen LogP contribution >= 0.6 is 43.2 Å². The molecule has 0 atom stereocenters. The van der Waals surface area contributed by atoms with Crippen LogP contribution < -0.4 is 0 Å². The molecule has 0 aliphatic heterocycles. The molecule has 0 spiro atoms. The van der Waals surface area contributed by atoms with E-state index in [1.165, 1.54) is 41.0 Å². The van der Waals surface area contributed by atoms with Gasteiger partial charge < -0.3 is 0 Å². The van der Waals surface area contributed by atoms with Crippen LogP contribution in [0.4, 0.5) is 0 Å². The highest BCUT2D eigenvalue weighted by molar-refractivity contribution is 9.12. The zero-order valence-electron chi connectivity index (χ0n) is 10.9. The Kier molecular flexibility index (Phi) is 2.59. The molecule has 0 amide bonds. The molecule has 2 bridgehead atoms. The van der Waals surface area contributed by atoms with Gasteiger partial charge in [0.15, 0.2) is 0 Å². The average Bonchev–Trinajstić information content (AvgIpc) is 2.83. The van der Waals surface area contributed by atoms with Crippen molar-refractivity contribution in [3.63, 3.8) is 0 Å². The van der Waals surface area contributed by atoms with Crippen molar-refractivity contribution in [3.05, 3.63) is 89.5 Å². The van der Waals surface area contributed by atoms with Crippen molar-refractivity contribution in [2.75, 3.05) is 0 Å². The summed E-state index contributed by atoms with van der Waals surface area (Å²) in [5.74, 6) is 0.739. The average molecular weight is 418 g/mol.